The fourth-order valence-electron chi connectivity index (χ4n) is 4.11. The minimum absolute atomic E-state index is 0.170. The number of hydrogen-bond donors (Lipinski definition) is 3. The standard InChI is InChI=1S/C18H22N4O/c23-17(18-7-2-1-5-14(18)11-19-12-18)22-15-6-3-4-13(10-15)16-20-8-9-21-16/h3-4,6,8-10,14,19H,1-2,5,7,11-12H2,(H,20,21)(H,22,23)/t14-,18+/m0/s1. The van der Waals surface area contributed by atoms with Crippen LogP contribution in [0.1, 0.15) is 25.7 Å². The van der Waals surface area contributed by atoms with Gasteiger partial charge >= 0.3 is 0 Å². The molecule has 2 aliphatic rings. The van der Waals surface area contributed by atoms with Crippen LogP contribution in [0.15, 0.2) is 36.7 Å². The number of amides is 1. The minimum Gasteiger partial charge on any atom is -0.345 e. The lowest BCUT2D eigenvalue weighted by Gasteiger charge is -2.37. The predicted octanol–water partition coefficient (Wildman–Crippen LogP) is 2.80. The Morgan fingerprint density at radius 3 is 3.17 bits per heavy atom. The third-order valence-corrected chi connectivity index (χ3v) is 5.38. The summed E-state index contributed by atoms with van der Waals surface area (Å²) in [7, 11) is 0. The van der Waals surface area contributed by atoms with E-state index in [4.69, 9.17) is 0 Å². The van der Waals surface area contributed by atoms with Crippen LogP contribution in [0.25, 0.3) is 11.4 Å². The maximum atomic E-state index is 13.0. The topological polar surface area (TPSA) is 69.8 Å². The Labute approximate surface area is 135 Å². The summed E-state index contributed by atoms with van der Waals surface area (Å²) in [5, 5.41) is 6.59. The van der Waals surface area contributed by atoms with Crippen LogP contribution in [0.3, 0.4) is 0 Å². The lowest BCUT2D eigenvalue weighted by Crippen LogP contribution is -2.44. The molecule has 120 valence electrons. The number of carbonyl (C=O) groups is 1. The fourth-order valence-corrected chi connectivity index (χ4v) is 4.11. The van der Waals surface area contributed by atoms with Crippen molar-refractivity contribution in [2.45, 2.75) is 25.7 Å². The first-order valence-electron chi connectivity index (χ1n) is 8.40. The Morgan fingerprint density at radius 2 is 2.30 bits per heavy atom. The van der Waals surface area contributed by atoms with Gasteiger partial charge in [0.25, 0.3) is 0 Å². The van der Waals surface area contributed by atoms with Crippen LogP contribution in [0.2, 0.25) is 0 Å². The van der Waals surface area contributed by atoms with Gasteiger partial charge in [0.1, 0.15) is 5.82 Å². The first-order chi connectivity index (χ1) is 11.3. The number of carbonyl (C=O) groups excluding carboxylic acids is 1. The van der Waals surface area contributed by atoms with Crippen molar-refractivity contribution in [2.24, 2.45) is 11.3 Å². The van der Waals surface area contributed by atoms with Gasteiger partial charge in [0.15, 0.2) is 0 Å². The summed E-state index contributed by atoms with van der Waals surface area (Å²) in [5.74, 6) is 1.46. The number of nitrogens with one attached hydrogen (secondary N) is 3. The van der Waals surface area contributed by atoms with Crippen molar-refractivity contribution >= 4 is 11.6 Å². The monoisotopic (exact) mass is 310 g/mol. The van der Waals surface area contributed by atoms with Gasteiger partial charge in [-0.2, -0.15) is 0 Å². The summed E-state index contributed by atoms with van der Waals surface area (Å²) in [5.41, 5.74) is 1.60. The minimum atomic E-state index is -0.223. The highest BCUT2D eigenvalue weighted by atomic mass is 16.2. The van der Waals surface area contributed by atoms with E-state index in [1.807, 2.05) is 24.3 Å². The molecule has 3 N–H and O–H groups in total. The second kappa shape index (κ2) is 5.81. The number of nitrogens with zero attached hydrogens (tertiary/aromatic N) is 1. The molecule has 1 aromatic carbocycles. The van der Waals surface area contributed by atoms with Gasteiger partial charge in [-0.15, -0.1) is 0 Å². The highest BCUT2D eigenvalue weighted by Gasteiger charge is 2.49. The van der Waals surface area contributed by atoms with Crippen molar-refractivity contribution in [3.8, 4) is 11.4 Å². The Bertz CT molecular complexity index is 697. The summed E-state index contributed by atoms with van der Waals surface area (Å²) in [6.45, 7) is 1.78. The number of rotatable bonds is 3. The summed E-state index contributed by atoms with van der Waals surface area (Å²) in [4.78, 5) is 20.4. The normalized spacial score (nSPS) is 26.7. The van der Waals surface area contributed by atoms with E-state index in [0.717, 1.165) is 49.4 Å². The van der Waals surface area contributed by atoms with E-state index >= 15 is 0 Å². The van der Waals surface area contributed by atoms with Gasteiger partial charge in [0.2, 0.25) is 5.91 Å². The van der Waals surface area contributed by atoms with Crippen LogP contribution >= 0.6 is 0 Å². The molecule has 4 rings (SSSR count). The molecule has 23 heavy (non-hydrogen) atoms. The summed E-state index contributed by atoms with van der Waals surface area (Å²) in [6, 6.07) is 7.87. The molecule has 1 aliphatic heterocycles. The van der Waals surface area contributed by atoms with Crippen molar-refractivity contribution in [3.05, 3.63) is 36.7 Å². The van der Waals surface area contributed by atoms with Gasteiger partial charge in [-0.1, -0.05) is 25.0 Å². The van der Waals surface area contributed by atoms with Crippen LogP contribution in [-0.2, 0) is 4.79 Å². The molecular weight excluding hydrogens is 288 g/mol. The number of fused-ring (bicyclic) bond motifs is 1. The van der Waals surface area contributed by atoms with E-state index in [9.17, 15) is 4.79 Å². The average molecular weight is 310 g/mol. The Hall–Kier alpha value is -2.14. The molecule has 1 aromatic heterocycles. The van der Waals surface area contributed by atoms with Crippen molar-refractivity contribution in [1.29, 1.82) is 0 Å². The van der Waals surface area contributed by atoms with Gasteiger partial charge < -0.3 is 15.6 Å². The van der Waals surface area contributed by atoms with Crippen molar-refractivity contribution in [1.82, 2.24) is 15.3 Å². The Kier molecular flexibility index (Phi) is 3.65. The van der Waals surface area contributed by atoms with Crippen molar-refractivity contribution < 1.29 is 4.79 Å². The third-order valence-electron chi connectivity index (χ3n) is 5.38. The molecule has 2 atom stereocenters. The van der Waals surface area contributed by atoms with E-state index in [1.54, 1.807) is 12.4 Å². The number of aromatic nitrogens is 2. The van der Waals surface area contributed by atoms with Gasteiger partial charge in [0, 0.05) is 30.2 Å². The molecular formula is C18H22N4O. The van der Waals surface area contributed by atoms with Crippen LogP contribution in [0.4, 0.5) is 5.69 Å². The Morgan fingerprint density at radius 1 is 1.35 bits per heavy atom. The first-order valence-corrected chi connectivity index (χ1v) is 8.40. The van der Waals surface area contributed by atoms with Gasteiger partial charge in [0.05, 0.1) is 5.41 Å². The number of anilines is 1. The van der Waals surface area contributed by atoms with E-state index in [-0.39, 0.29) is 11.3 Å². The zero-order valence-corrected chi connectivity index (χ0v) is 13.1. The number of imidazole rings is 1. The highest BCUT2D eigenvalue weighted by molar-refractivity contribution is 5.96. The second-order valence-corrected chi connectivity index (χ2v) is 6.70. The van der Waals surface area contributed by atoms with Crippen molar-refractivity contribution in [3.63, 3.8) is 0 Å². The highest BCUT2D eigenvalue weighted by Crippen LogP contribution is 2.44. The smallest absolute Gasteiger partial charge is 0.232 e. The third kappa shape index (κ3) is 2.55. The molecule has 1 amide bonds. The molecule has 5 heteroatoms. The number of H-pyrrole nitrogens is 1. The van der Waals surface area contributed by atoms with Gasteiger partial charge in [-0.25, -0.2) is 4.98 Å². The quantitative estimate of drug-likeness (QED) is 0.816. The molecule has 0 bridgehead atoms. The maximum absolute atomic E-state index is 13.0. The summed E-state index contributed by atoms with van der Waals surface area (Å²) < 4.78 is 0. The zero-order valence-electron chi connectivity index (χ0n) is 13.1. The first kappa shape index (κ1) is 14.5. The maximum Gasteiger partial charge on any atom is 0.232 e. The summed E-state index contributed by atoms with van der Waals surface area (Å²) in [6.07, 6.45) is 8.08. The van der Waals surface area contributed by atoms with Gasteiger partial charge in [-0.05, 0) is 37.4 Å². The molecule has 1 aliphatic carbocycles. The lowest BCUT2D eigenvalue weighted by molar-refractivity contribution is -0.128. The number of hydrogen-bond acceptors (Lipinski definition) is 3. The molecule has 0 spiro atoms. The van der Waals surface area contributed by atoms with Crippen LogP contribution in [0, 0.1) is 11.3 Å². The lowest BCUT2D eigenvalue weighted by atomic mass is 9.67. The van der Waals surface area contributed by atoms with Crippen LogP contribution in [-0.4, -0.2) is 29.0 Å². The van der Waals surface area contributed by atoms with E-state index in [2.05, 4.69) is 20.6 Å². The largest absolute Gasteiger partial charge is 0.345 e. The molecule has 1 saturated carbocycles. The van der Waals surface area contributed by atoms with E-state index < -0.39 is 0 Å². The number of aromatic amines is 1. The molecule has 0 unspecified atom stereocenters. The predicted molar refractivity (Wildman–Crippen MR) is 89.9 cm³/mol. The van der Waals surface area contributed by atoms with Crippen molar-refractivity contribution in [2.75, 3.05) is 18.4 Å². The molecule has 2 aromatic rings. The van der Waals surface area contributed by atoms with E-state index in [1.165, 1.54) is 6.42 Å². The molecule has 2 fully saturated rings. The molecule has 5 nitrogen and oxygen atoms in total. The van der Waals surface area contributed by atoms with Crippen LogP contribution < -0.4 is 10.6 Å². The van der Waals surface area contributed by atoms with E-state index in [0.29, 0.717) is 5.92 Å². The summed E-state index contributed by atoms with van der Waals surface area (Å²) >= 11 is 0. The second-order valence-electron chi connectivity index (χ2n) is 6.70. The molecule has 2 heterocycles. The fraction of sp³-hybridized carbons (Fsp3) is 0.444. The molecule has 1 saturated heterocycles. The van der Waals surface area contributed by atoms with Gasteiger partial charge in [-0.3, -0.25) is 4.79 Å². The average Bonchev–Trinajstić information content (AvgIpc) is 3.25. The van der Waals surface area contributed by atoms with Crippen LogP contribution in [0.5, 0.6) is 0 Å². The Balaban J connectivity index is 1.56. The SMILES string of the molecule is O=C(Nc1cccc(-c2ncc[nH]2)c1)[C@@]12CCCC[C@H]1CNC2. The number of benzene rings is 1. The zero-order chi connectivity index (χ0) is 15.7. The molecule has 0 radical (unpaired) electrons.